The number of nitrogens with zero attached hydrogens (tertiary/aromatic N) is 3. The molecule has 2 heterocycles. The zero-order valence-electron chi connectivity index (χ0n) is 20.4. The van der Waals surface area contributed by atoms with Gasteiger partial charge < -0.3 is 14.5 Å². The lowest BCUT2D eigenvalue weighted by Crippen LogP contribution is -2.47. The quantitative estimate of drug-likeness (QED) is 0.578. The fourth-order valence-corrected chi connectivity index (χ4v) is 5.83. The third kappa shape index (κ3) is 4.78. The van der Waals surface area contributed by atoms with Gasteiger partial charge in [0.25, 0.3) is 0 Å². The van der Waals surface area contributed by atoms with Gasteiger partial charge >= 0.3 is 0 Å². The molecular formula is C25H34N4O4S. The Labute approximate surface area is 202 Å². The summed E-state index contributed by atoms with van der Waals surface area (Å²) < 4.78 is 33.7. The van der Waals surface area contributed by atoms with Crippen LogP contribution in [0, 0.1) is 0 Å². The van der Waals surface area contributed by atoms with Crippen molar-refractivity contribution >= 4 is 27.3 Å². The van der Waals surface area contributed by atoms with Crippen LogP contribution in [-0.4, -0.2) is 72.7 Å². The predicted octanol–water partition coefficient (Wildman–Crippen LogP) is 2.44. The lowest BCUT2D eigenvalue weighted by molar-refractivity contribution is -0.121. The van der Waals surface area contributed by atoms with Gasteiger partial charge in [-0.25, -0.2) is 13.1 Å². The van der Waals surface area contributed by atoms with Gasteiger partial charge in [0.05, 0.1) is 17.4 Å². The summed E-state index contributed by atoms with van der Waals surface area (Å²) in [6, 6.07) is 13.0. The SMILES string of the molecule is COc1ccc(N2CCN(CCCNS(=O)(=O)c3ccc4c(c3)C(C)(C)C(=O)N4C)CC2)cc1. The number of piperazine rings is 1. The van der Waals surface area contributed by atoms with Crippen molar-refractivity contribution in [2.24, 2.45) is 0 Å². The molecule has 0 unspecified atom stereocenters. The summed E-state index contributed by atoms with van der Waals surface area (Å²) in [6.07, 6.45) is 0.736. The van der Waals surface area contributed by atoms with Crippen molar-refractivity contribution in [1.29, 1.82) is 0 Å². The first-order valence-electron chi connectivity index (χ1n) is 11.7. The van der Waals surface area contributed by atoms with Crippen molar-refractivity contribution in [3.63, 3.8) is 0 Å². The van der Waals surface area contributed by atoms with E-state index in [-0.39, 0.29) is 10.8 Å². The number of hydrogen-bond acceptors (Lipinski definition) is 6. The van der Waals surface area contributed by atoms with Crippen LogP contribution in [0.2, 0.25) is 0 Å². The first-order chi connectivity index (χ1) is 16.1. The second kappa shape index (κ2) is 9.56. The Morgan fingerprint density at radius 2 is 1.71 bits per heavy atom. The monoisotopic (exact) mass is 486 g/mol. The minimum atomic E-state index is -3.64. The van der Waals surface area contributed by atoms with Gasteiger partial charge in [0.1, 0.15) is 5.75 Å². The van der Waals surface area contributed by atoms with E-state index in [1.54, 1.807) is 37.3 Å². The van der Waals surface area contributed by atoms with E-state index in [2.05, 4.69) is 26.7 Å². The van der Waals surface area contributed by atoms with Gasteiger partial charge in [0.2, 0.25) is 15.9 Å². The number of sulfonamides is 1. The fraction of sp³-hybridized carbons (Fsp3) is 0.480. The van der Waals surface area contributed by atoms with Gasteiger partial charge in [0.15, 0.2) is 0 Å². The molecule has 0 radical (unpaired) electrons. The van der Waals surface area contributed by atoms with Gasteiger partial charge in [0, 0.05) is 51.1 Å². The first-order valence-corrected chi connectivity index (χ1v) is 13.2. The lowest BCUT2D eigenvalue weighted by Gasteiger charge is -2.36. The van der Waals surface area contributed by atoms with E-state index in [4.69, 9.17) is 4.74 Å². The van der Waals surface area contributed by atoms with Gasteiger partial charge in [-0.2, -0.15) is 0 Å². The molecule has 1 N–H and O–H groups in total. The maximum atomic E-state index is 12.9. The summed E-state index contributed by atoms with van der Waals surface area (Å²) >= 11 is 0. The number of nitrogens with one attached hydrogen (secondary N) is 1. The van der Waals surface area contributed by atoms with E-state index in [9.17, 15) is 13.2 Å². The van der Waals surface area contributed by atoms with Crippen molar-refractivity contribution < 1.29 is 17.9 Å². The van der Waals surface area contributed by atoms with Crippen LogP contribution in [0.3, 0.4) is 0 Å². The Kier molecular flexibility index (Phi) is 6.89. The minimum Gasteiger partial charge on any atom is -0.497 e. The molecule has 2 aromatic rings. The van der Waals surface area contributed by atoms with Crippen LogP contribution < -0.4 is 19.3 Å². The van der Waals surface area contributed by atoms with Crippen LogP contribution in [0.1, 0.15) is 25.8 Å². The Balaban J connectivity index is 1.26. The molecule has 1 saturated heterocycles. The molecular weight excluding hydrogens is 452 g/mol. The molecule has 184 valence electrons. The molecule has 9 heteroatoms. The molecule has 2 aliphatic heterocycles. The van der Waals surface area contributed by atoms with Crippen LogP contribution in [0.15, 0.2) is 47.4 Å². The molecule has 0 atom stereocenters. The normalized spacial score (nSPS) is 18.3. The maximum Gasteiger partial charge on any atom is 0.240 e. The van der Waals surface area contributed by atoms with Gasteiger partial charge in [-0.1, -0.05) is 0 Å². The smallest absolute Gasteiger partial charge is 0.240 e. The molecule has 4 rings (SSSR count). The average Bonchev–Trinajstić information content (AvgIpc) is 3.02. The molecule has 8 nitrogen and oxygen atoms in total. The zero-order valence-corrected chi connectivity index (χ0v) is 21.2. The van der Waals surface area contributed by atoms with Crippen LogP contribution in [-0.2, 0) is 20.2 Å². The molecule has 0 bridgehead atoms. The van der Waals surface area contributed by atoms with Crippen molar-refractivity contribution in [1.82, 2.24) is 9.62 Å². The number of hydrogen-bond donors (Lipinski definition) is 1. The topological polar surface area (TPSA) is 82.2 Å². The number of methoxy groups -OCH3 is 1. The van der Waals surface area contributed by atoms with E-state index in [1.807, 2.05) is 26.0 Å². The molecule has 34 heavy (non-hydrogen) atoms. The van der Waals surface area contributed by atoms with E-state index in [0.717, 1.165) is 56.1 Å². The second-order valence-electron chi connectivity index (χ2n) is 9.45. The van der Waals surface area contributed by atoms with Crippen LogP contribution >= 0.6 is 0 Å². The lowest BCUT2D eigenvalue weighted by atomic mass is 9.86. The zero-order chi connectivity index (χ0) is 24.5. The number of carbonyl (C=O) groups excluding carboxylic acids is 1. The van der Waals surface area contributed by atoms with Crippen LogP contribution in [0.5, 0.6) is 5.75 Å². The number of rotatable bonds is 8. The molecule has 0 spiro atoms. The van der Waals surface area contributed by atoms with Gasteiger partial charge in [-0.05, 0) is 74.8 Å². The molecule has 0 saturated carbocycles. The summed E-state index contributed by atoms with van der Waals surface area (Å²) in [5, 5.41) is 0. The van der Waals surface area contributed by atoms with E-state index >= 15 is 0 Å². The number of amides is 1. The van der Waals surface area contributed by atoms with Crippen LogP contribution in [0.4, 0.5) is 11.4 Å². The summed E-state index contributed by atoms with van der Waals surface area (Å²) in [4.78, 5) is 19.0. The minimum absolute atomic E-state index is 0.0305. The van der Waals surface area contributed by atoms with Crippen molar-refractivity contribution in [2.75, 3.05) is 63.2 Å². The number of anilines is 2. The van der Waals surface area contributed by atoms with Gasteiger partial charge in [-0.15, -0.1) is 0 Å². The summed E-state index contributed by atoms with van der Waals surface area (Å²) in [5.41, 5.74) is 1.97. The molecule has 0 aliphatic carbocycles. The predicted molar refractivity (Wildman–Crippen MR) is 134 cm³/mol. The fourth-order valence-electron chi connectivity index (χ4n) is 4.73. The number of ether oxygens (including phenoxy) is 1. The van der Waals surface area contributed by atoms with E-state index in [1.165, 1.54) is 5.69 Å². The largest absolute Gasteiger partial charge is 0.497 e. The number of fused-ring (bicyclic) bond motifs is 1. The Morgan fingerprint density at radius 1 is 1.03 bits per heavy atom. The Morgan fingerprint density at radius 3 is 2.35 bits per heavy atom. The number of benzene rings is 2. The van der Waals surface area contributed by atoms with Crippen molar-refractivity contribution in [2.45, 2.75) is 30.6 Å². The highest BCUT2D eigenvalue weighted by molar-refractivity contribution is 7.89. The number of likely N-dealkylation sites (N-methyl/N-ethyl adjacent to an activating group) is 1. The number of carbonyl (C=O) groups is 1. The molecule has 2 aromatic carbocycles. The Bertz CT molecular complexity index is 1140. The molecule has 1 amide bonds. The summed E-state index contributed by atoms with van der Waals surface area (Å²) in [5.74, 6) is 0.825. The molecule has 2 aliphatic rings. The van der Waals surface area contributed by atoms with E-state index in [0.29, 0.717) is 6.54 Å². The van der Waals surface area contributed by atoms with Gasteiger partial charge in [-0.3, -0.25) is 9.69 Å². The highest BCUT2D eigenvalue weighted by Crippen LogP contribution is 2.41. The average molecular weight is 487 g/mol. The summed E-state index contributed by atoms with van der Waals surface area (Å²) in [7, 11) is -0.248. The maximum absolute atomic E-state index is 12.9. The molecule has 1 fully saturated rings. The second-order valence-corrected chi connectivity index (χ2v) is 11.2. The highest BCUT2D eigenvalue weighted by Gasteiger charge is 2.42. The Hall–Kier alpha value is -2.62. The summed E-state index contributed by atoms with van der Waals surface area (Å²) in [6.45, 7) is 8.65. The highest BCUT2D eigenvalue weighted by atomic mass is 32.2. The van der Waals surface area contributed by atoms with Crippen molar-refractivity contribution in [3.05, 3.63) is 48.0 Å². The first kappa shape index (κ1) is 24.5. The van der Waals surface area contributed by atoms with E-state index < -0.39 is 15.4 Å². The van der Waals surface area contributed by atoms with Crippen molar-refractivity contribution in [3.8, 4) is 5.75 Å². The standard InChI is InChI=1S/C25H34N4O4S/c1-25(2)22-18-21(10-11-23(22)27(3)24(25)30)34(31,32)26-12-5-13-28-14-16-29(17-15-28)19-6-8-20(33-4)9-7-19/h6-11,18,26H,5,12-17H2,1-4H3. The third-order valence-electron chi connectivity index (χ3n) is 6.91. The third-order valence-corrected chi connectivity index (χ3v) is 8.36. The molecule has 0 aromatic heterocycles. The van der Waals surface area contributed by atoms with Crippen LogP contribution in [0.25, 0.3) is 0 Å².